The smallest absolute Gasteiger partial charge is 0.135 e. The number of hydrogen-bond donors (Lipinski definition) is 2. The lowest BCUT2D eigenvalue weighted by Gasteiger charge is -1.97. The number of amidine groups is 1. The zero-order valence-corrected chi connectivity index (χ0v) is 11.0. The zero-order valence-electron chi connectivity index (χ0n) is 10.1. The van der Waals surface area contributed by atoms with E-state index in [0.717, 1.165) is 17.1 Å². The molecule has 1 aromatic carbocycles. The van der Waals surface area contributed by atoms with Crippen molar-refractivity contribution in [3.8, 4) is 0 Å². The van der Waals surface area contributed by atoms with Crippen molar-refractivity contribution in [1.29, 1.82) is 5.41 Å². The summed E-state index contributed by atoms with van der Waals surface area (Å²) in [7, 11) is 1.61. The molecule has 0 spiro atoms. The Morgan fingerprint density at radius 1 is 1.39 bits per heavy atom. The van der Waals surface area contributed by atoms with E-state index >= 15 is 0 Å². The zero-order chi connectivity index (χ0) is 13.0. The van der Waals surface area contributed by atoms with Gasteiger partial charge in [-0.05, 0) is 5.56 Å². The maximum absolute atomic E-state index is 7.54. The molecule has 0 saturated heterocycles. The average Bonchev–Trinajstić information content (AvgIpc) is 2.74. The van der Waals surface area contributed by atoms with E-state index in [2.05, 4.69) is 17.1 Å². The largest absolute Gasteiger partial charge is 0.383 e. The summed E-state index contributed by atoms with van der Waals surface area (Å²) in [4.78, 5) is 5.20. The van der Waals surface area contributed by atoms with E-state index in [0.29, 0.717) is 11.5 Å². The molecule has 94 valence electrons. The molecule has 0 atom stereocenters. The molecule has 1 heterocycles. The predicted molar refractivity (Wildman–Crippen MR) is 73.1 cm³/mol. The molecule has 0 amide bonds. The molecule has 0 radical (unpaired) electrons. The quantitative estimate of drug-likeness (QED) is 0.640. The van der Waals surface area contributed by atoms with Gasteiger partial charge in [0.15, 0.2) is 0 Å². The fourth-order valence-corrected chi connectivity index (χ4v) is 2.65. The molecule has 2 rings (SSSR count). The SMILES string of the molecule is COCc1nc(Cc2ccccc2)sc1C(=N)N. The van der Waals surface area contributed by atoms with Crippen LogP contribution in [0.3, 0.4) is 0 Å². The number of thiazole rings is 1. The summed E-state index contributed by atoms with van der Waals surface area (Å²) in [5, 5.41) is 8.50. The molecule has 0 aliphatic heterocycles. The first-order chi connectivity index (χ1) is 8.70. The van der Waals surface area contributed by atoms with Crippen molar-refractivity contribution >= 4 is 17.2 Å². The number of ether oxygens (including phenoxy) is 1. The lowest BCUT2D eigenvalue weighted by atomic mass is 10.2. The van der Waals surface area contributed by atoms with E-state index in [1.54, 1.807) is 7.11 Å². The van der Waals surface area contributed by atoms with Crippen LogP contribution in [0.4, 0.5) is 0 Å². The average molecular weight is 261 g/mol. The molecule has 4 nitrogen and oxygen atoms in total. The van der Waals surface area contributed by atoms with E-state index in [-0.39, 0.29) is 5.84 Å². The van der Waals surface area contributed by atoms with Gasteiger partial charge in [0, 0.05) is 13.5 Å². The topological polar surface area (TPSA) is 72.0 Å². The summed E-state index contributed by atoms with van der Waals surface area (Å²) in [5.41, 5.74) is 7.50. The van der Waals surface area contributed by atoms with Crippen LogP contribution in [-0.4, -0.2) is 17.9 Å². The number of nitrogen functional groups attached to an aromatic ring is 1. The first kappa shape index (κ1) is 12.7. The molecular formula is C13H15N3OS. The van der Waals surface area contributed by atoms with Crippen molar-refractivity contribution in [2.75, 3.05) is 7.11 Å². The highest BCUT2D eigenvalue weighted by molar-refractivity contribution is 7.13. The number of rotatable bonds is 5. The monoisotopic (exact) mass is 261 g/mol. The van der Waals surface area contributed by atoms with Crippen LogP contribution >= 0.6 is 11.3 Å². The maximum atomic E-state index is 7.54. The Morgan fingerprint density at radius 2 is 2.11 bits per heavy atom. The second-order valence-electron chi connectivity index (χ2n) is 3.89. The lowest BCUT2D eigenvalue weighted by molar-refractivity contribution is 0.182. The number of hydrogen-bond acceptors (Lipinski definition) is 4. The minimum absolute atomic E-state index is 0.0545. The number of nitrogens with two attached hydrogens (primary N) is 1. The maximum Gasteiger partial charge on any atom is 0.135 e. The standard InChI is InChI=1S/C13H15N3OS/c1-17-8-10-12(13(14)15)18-11(16-10)7-9-5-3-2-4-6-9/h2-6H,7-8H2,1H3,(H3,14,15). The van der Waals surface area contributed by atoms with Gasteiger partial charge in [0.25, 0.3) is 0 Å². The first-order valence-corrected chi connectivity index (χ1v) is 6.38. The van der Waals surface area contributed by atoms with E-state index in [4.69, 9.17) is 15.9 Å². The Balaban J connectivity index is 2.24. The second kappa shape index (κ2) is 5.75. The van der Waals surface area contributed by atoms with Crippen LogP contribution in [0.1, 0.15) is 21.1 Å². The van der Waals surface area contributed by atoms with Crippen molar-refractivity contribution in [3.05, 3.63) is 51.5 Å². The van der Waals surface area contributed by atoms with E-state index in [1.165, 1.54) is 16.9 Å². The molecule has 0 aliphatic carbocycles. The Morgan fingerprint density at radius 3 is 2.72 bits per heavy atom. The summed E-state index contributed by atoms with van der Waals surface area (Å²) < 4.78 is 5.07. The van der Waals surface area contributed by atoms with Crippen LogP contribution in [0.2, 0.25) is 0 Å². The molecule has 1 aromatic heterocycles. The highest BCUT2D eigenvalue weighted by Gasteiger charge is 2.13. The van der Waals surface area contributed by atoms with Gasteiger partial charge < -0.3 is 10.5 Å². The molecule has 3 N–H and O–H groups in total. The number of benzene rings is 1. The van der Waals surface area contributed by atoms with Gasteiger partial charge >= 0.3 is 0 Å². The predicted octanol–water partition coefficient (Wildman–Crippen LogP) is 2.16. The molecule has 2 aromatic rings. The van der Waals surface area contributed by atoms with Crippen LogP contribution in [0, 0.1) is 5.41 Å². The normalized spacial score (nSPS) is 10.5. The second-order valence-corrected chi connectivity index (χ2v) is 4.98. The third-order valence-electron chi connectivity index (χ3n) is 2.47. The lowest BCUT2D eigenvalue weighted by Crippen LogP contribution is -2.11. The Hall–Kier alpha value is -1.72. The van der Waals surface area contributed by atoms with Crippen LogP contribution in [0.5, 0.6) is 0 Å². The van der Waals surface area contributed by atoms with E-state index in [9.17, 15) is 0 Å². The molecule has 0 bridgehead atoms. The first-order valence-electron chi connectivity index (χ1n) is 5.56. The van der Waals surface area contributed by atoms with Gasteiger partial charge in [-0.2, -0.15) is 0 Å². The van der Waals surface area contributed by atoms with Crippen molar-refractivity contribution in [1.82, 2.24) is 4.98 Å². The van der Waals surface area contributed by atoms with Gasteiger partial charge in [-0.1, -0.05) is 30.3 Å². The minimum atomic E-state index is 0.0545. The van der Waals surface area contributed by atoms with Crippen LogP contribution in [-0.2, 0) is 17.8 Å². The van der Waals surface area contributed by atoms with Crippen molar-refractivity contribution in [2.45, 2.75) is 13.0 Å². The molecule has 18 heavy (non-hydrogen) atoms. The summed E-state index contributed by atoms with van der Waals surface area (Å²) in [6.07, 6.45) is 0.759. The van der Waals surface area contributed by atoms with Crippen LogP contribution in [0.25, 0.3) is 0 Å². The number of aromatic nitrogens is 1. The third kappa shape index (κ3) is 2.94. The highest BCUT2D eigenvalue weighted by atomic mass is 32.1. The van der Waals surface area contributed by atoms with Crippen molar-refractivity contribution < 1.29 is 4.74 Å². The number of methoxy groups -OCH3 is 1. The Labute approximate surface area is 110 Å². The number of nitrogens with zero attached hydrogens (tertiary/aromatic N) is 1. The van der Waals surface area contributed by atoms with Crippen LogP contribution < -0.4 is 5.73 Å². The molecule has 0 fully saturated rings. The number of nitrogens with one attached hydrogen (secondary N) is 1. The summed E-state index contributed by atoms with van der Waals surface area (Å²) in [6, 6.07) is 10.1. The van der Waals surface area contributed by atoms with Gasteiger partial charge in [0.05, 0.1) is 22.2 Å². The van der Waals surface area contributed by atoms with E-state index in [1.807, 2.05) is 18.2 Å². The summed E-state index contributed by atoms with van der Waals surface area (Å²) in [5.74, 6) is 0.0545. The fraction of sp³-hybridized carbons (Fsp3) is 0.231. The van der Waals surface area contributed by atoms with E-state index < -0.39 is 0 Å². The summed E-state index contributed by atoms with van der Waals surface area (Å²) in [6.45, 7) is 0.389. The Bertz CT molecular complexity index is 536. The Kier molecular flexibility index (Phi) is 4.07. The molecule has 0 aliphatic rings. The molecular weight excluding hydrogens is 246 g/mol. The molecule has 5 heteroatoms. The highest BCUT2D eigenvalue weighted by Crippen LogP contribution is 2.21. The van der Waals surface area contributed by atoms with Gasteiger partial charge in [-0.25, -0.2) is 4.98 Å². The van der Waals surface area contributed by atoms with Crippen molar-refractivity contribution in [3.63, 3.8) is 0 Å². The van der Waals surface area contributed by atoms with Gasteiger partial charge in [-0.15, -0.1) is 11.3 Å². The minimum Gasteiger partial charge on any atom is -0.383 e. The van der Waals surface area contributed by atoms with Gasteiger partial charge in [0.2, 0.25) is 0 Å². The van der Waals surface area contributed by atoms with Crippen LogP contribution in [0.15, 0.2) is 30.3 Å². The third-order valence-corrected chi connectivity index (χ3v) is 3.60. The summed E-state index contributed by atoms with van der Waals surface area (Å²) >= 11 is 1.46. The van der Waals surface area contributed by atoms with Gasteiger partial charge in [-0.3, -0.25) is 5.41 Å². The van der Waals surface area contributed by atoms with Crippen molar-refractivity contribution in [2.24, 2.45) is 5.73 Å². The van der Waals surface area contributed by atoms with Gasteiger partial charge in [0.1, 0.15) is 5.84 Å². The molecule has 0 saturated carbocycles. The fourth-order valence-electron chi connectivity index (χ4n) is 1.69. The molecule has 0 unspecified atom stereocenters.